The summed E-state index contributed by atoms with van der Waals surface area (Å²) in [6.07, 6.45) is 4.63. The molecule has 0 radical (unpaired) electrons. The lowest BCUT2D eigenvalue weighted by molar-refractivity contribution is 0.332. The van der Waals surface area contributed by atoms with Gasteiger partial charge >= 0.3 is 0 Å². The van der Waals surface area contributed by atoms with Crippen molar-refractivity contribution in [3.8, 4) is 0 Å². The van der Waals surface area contributed by atoms with E-state index in [0.717, 1.165) is 12.8 Å². The zero-order valence-electron chi connectivity index (χ0n) is 12.7. The van der Waals surface area contributed by atoms with Crippen molar-refractivity contribution in [2.24, 2.45) is 5.92 Å². The Hall–Kier alpha value is -0.890. The van der Waals surface area contributed by atoms with E-state index in [1.54, 1.807) is 12.1 Å². The van der Waals surface area contributed by atoms with Gasteiger partial charge < -0.3 is 5.32 Å². The number of unbranched alkanes of at least 4 members (excludes halogenated alkanes) is 1. The second-order valence-electron chi connectivity index (χ2n) is 5.67. The average molecular weight is 265 g/mol. The highest BCUT2D eigenvalue weighted by Crippen LogP contribution is 2.22. The van der Waals surface area contributed by atoms with Gasteiger partial charge in [0, 0.05) is 12.1 Å². The van der Waals surface area contributed by atoms with Crippen molar-refractivity contribution < 1.29 is 4.39 Å². The van der Waals surface area contributed by atoms with Gasteiger partial charge in [0.05, 0.1) is 0 Å². The Labute approximate surface area is 117 Å². The molecular weight excluding hydrogens is 237 g/mol. The Kier molecular flexibility index (Phi) is 7.07. The molecule has 1 rings (SSSR count). The number of benzene rings is 1. The Morgan fingerprint density at radius 2 is 1.74 bits per heavy atom. The van der Waals surface area contributed by atoms with Gasteiger partial charge in [-0.25, -0.2) is 4.39 Å². The Balaban J connectivity index is 2.78. The summed E-state index contributed by atoms with van der Waals surface area (Å²) < 4.78 is 13.0. The number of hydrogen-bond acceptors (Lipinski definition) is 1. The smallest absolute Gasteiger partial charge is 0.123 e. The van der Waals surface area contributed by atoms with Crippen LogP contribution in [0, 0.1) is 11.7 Å². The Morgan fingerprint density at radius 1 is 1.11 bits per heavy atom. The minimum absolute atomic E-state index is 0.158. The molecule has 0 fully saturated rings. The molecule has 1 N–H and O–H groups in total. The van der Waals surface area contributed by atoms with Gasteiger partial charge in [-0.05, 0) is 36.5 Å². The first-order valence-electron chi connectivity index (χ1n) is 7.60. The molecule has 19 heavy (non-hydrogen) atoms. The van der Waals surface area contributed by atoms with Crippen LogP contribution >= 0.6 is 0 Å². The maximum Gasteiger partial charge on any atom is 0.123 e. The lowest BCUT2D eigenvalue weighted by atomic mass is 9.96. The zero-order valence-corrected chi connectivity index (χ0v) is 12.7. The Morgan fingerprint density at radius 3 is 2.21 bits per heavy atom. The third kappa shape index (κ3) is 5.32. The highest BCUT2D eigenvalue weighted by molar-refractivity contribution is 5.20. The number of rotatable bonds is 8. The minimum atomic E-state index is -0.158. The number of nitrogens with one attached hydrogen (secondary N) is 1. The van der Waals surface area contributed by atoms with E-state index in [2.05, 4.69) is 33.0 Å². The van der Waals surface area contributed by atoms with Crippen LogP contribution in [0.15, 0.2) is 24.3 Å². The summed E-state index contributed by atoms with van der Waals surface area (Å²) in [5.74, 6) is 0.462. The van der Waals surface area contributed by atoms with Crippen LogP contribution in [-0.4, -0.2) is 6.04 Å². The molecular formula is C17H28FN. The fourth-order valence-electron chi connectivity index (χ4n) is 2.49. The molecule has 0 aromatic heterocycles. The van der Waals surface area contributed by atoms with Crippen molar-refractivity contribution in [3.05, 3.63) is 35.6 Å². The molecule has 108 valence electrons. The van der Waals surface area contributed by atoms with Crippen LogP contribution in [0.1, 0.15) is 65.0 Å². The molecule has 0 bridgehead atoms. The van der Waals surface area contributed by atoms with Gasteiger partial charge in [-0.2, -0.15) is 0 Å². The fourth-order valence-corrected chi connectivity index (χ4v) is 2.49. The highest BCUT2D eigenvalue weighted by Gasteiger charge is 2.17. The maximum absolute atomic E-state index is 13.0. The highest BCUT2D eigenvalue weighted by atomic mass is 19.1. The topological polar surface area (TPSA) is 12.0 Å². The molecule has 1 aromatic rings. The second kappa shape index (κ2) is 8.31. The third-order valence-corrected chi connectivity index (χ3v) is 3.78. The van der Waals surface area contributed by atoms with Crippen molar-refractivity contribution in [1.82, 2.24) is 5.32 Å². The van der Waals surface area contributed by atoms with Crippen LogP contribution in [0.2, 0.25) is 0 Å². The quantitative estimate of drug-likeness (QED) is 0.691. The maximum atomic E-state index is 13.0. The minimum Gasteiger partial charge on any atom is -0.307 e. The van der Waals surface area contributed by atoms with Crippen molar-refractivity contribution in [3.63, 3.8) is 0 Å². The predicted molar refractivity (Wildman–Crippen MR) is 80.7 cm³/mol. The number of halogens is 1. The van der Waals surface area contributed by atoms with E-state index in [4.69, 9.17) is 0 Å². The Bertz CT molecular complexity index is 345. The second-order valence-corrected chi connectivity index (χ2v) is 5.67. The molecule has 0 aliphatic rings. The van der Waals surface area contributed by atoms with Gasteiger partial charge in [-0.1, -0.05) is 52.7 Å². The van der Waals surface area contributed by atoms with Gasteiger partial charge in [0.15, 0.2) is 0 Å². The molecule has 0 heterocycles. The monoisotopic (exact) mass is 265 g/mol. The fraction of sp³-hybridized carbons (Fsp3) is 0.647. The van der Waals surface area contributed by atoms with Crippen LogP contribution in [0.5, 0.6) is 0 Å². The van der Waals surface area contributed by atoms with E-state index in [0.29, 0.717) is 18.0 Å². The summed E-state index contributed by atoms with van der Waals surface area (Å²) in [5.41, 5.74) is 1.20. The molecule has 0 saturated heterocycles. The largest absolute Gasteiger partial charge is 0.307 e. The van der Waals surface area contributed by atoms with Gasteiger partial charge in [-0.15, -0.1) is 0 Å². The lowest BCUT2D eigenvalue weighted by Gasteiger charge is -2.28. The van der Waals surface area contributed by atoms with Crippen LogP contribution in [-0.2, 0) is 0 Å². The summed E-state index contributed by atoms with van der Waals surface area (Å²) in [4.78, 5) is 0. The van der Waals surface area contributed by atoms with Crippen molar-refractivity contribution >= 4 is 0 Å². The van der Waals surface area contributed by atoms with Gasteiger partial charge in [0.25, 0.3) is 0 Å². The SMILES string of the molecule is CCCCC(NC(CC)C(C)C)c1ccc(F)cc1. The summed E-state index contributed by atoms with van der Waals surface area (Å²) in [7, 11) is 0. The van der Waals surface area contributed by atoms with Crippen LogP contribution in [0.25, 0.3) is 0 Å². The van der Waals surface area contributed by atoms with E-state index in [1.807, 2.05) is 12.1 Å². The first-order chi connectivity index (χ1) is 9.08. The normalized spacial score (nSPS) is 14.6. The van der Waals surface area contributed by atoms with Gasteiger partial charge in [0.2, 0.25) is 0 Å². The van der Waals surface area contributed by atoms with Crippen molar-refractivity contribution in [2.45, 2.75) is 65.5 Å². The molecule has 2 atom stereocenters. The van der Waals surface area contributed by atoms with E-state index < -0.39 is 0 Å². The predicted octanol–water partition coefficient (Wildman–Crippen LogP) is 5.08. The molecule has 0 aliphatic heterocycles. The first-order valence-corrected chi connectivity index (χ1v) is 7.60. The lowest BCUT2D eigenvalue weighted by Crippen LogP contribution is -2.36. The molecule has 1 nitrogen and oxygen atoms in total. The van der Waals surface area contributed by atoms with E-state index >= 15 is 0 Å². The van der Waals surface area contributed by atoms with Gasteiger partial charge in [-0.3, -0.25) is 0 Å². The van der Waals surface area contributed by atoms with Crippen LogP contribution in [0.4, 0.5) is 4.39 Å². The van der Waals surface area contributed by atoms with E-state index in [-0.39, 0.29) is 5.82 Å². The standard InChI is InChI=1S/C17H28FN/c1-5-7-8-17(19-16(6-2)13(3)4)14-9-11-15(18)12-10-14/h9-13,16-17,19H,5-8H2,1-4H3. The molecule has 0 aliphatic carbocycles. The molecule has 2 heteroatoms. The van der Waals surface area contributed by atoms with E-state index in [9.17, 15) is 4.39 Å². The average Bonchev–Trinajstić information content (AvgIpc) is 2.40. The van der Waals surface area contributed by atoms with E-state index in [1.165, 1.54) is 18.4 Å². The van der Waals surface area contributed by atoms with Crippen LogP contribution < -0.4 is 5.32 Å². The summed E-state index contributed by atoms with van der Waals surface area (Å²) in [6, 6.07) is 7.81. The molecule has 0 amide bonds. The van der Waals surface area contributed by atoms with Crippen molar-refractivity contribution in [1.29, 1.82) is 0 Å². The van der Waals surface area contributed by atoms with Gasteiger partial charge in [0.1, 0.15) is 5.82 Å². The number of hydrogen-bond donors (Lipinski definition) is 1. The molecule has 2 unspecified atom stereocenters. The molecule has 1 aromatic carbocycles. The zero-order chi connectivity index (χ0) is 14.3. The van der Waals surface area contributed by atoms with Crippen molar-refractivity contribution in [2.75, 3.05) is 0 Å². The third-order valence-electron chi connectivity index (χ3n) is 3.78. The molecule has 0 spiro atoms. The summed E-state index contributed by atoms with van der Waals surface area (Å²) in [5, 5.41) is 3.75. The van der Waals surface area contributed by atoms with Crippen LogP contribution in [0.3, 0.4) is 0 Å². The summed E-state index contributed by atoms with van der Waals surface area (Å²) >= 11 is 0. The first kappa shape index (κ1) is 16.2. The molecule has 0 saturated carbocycles. The summed E-state index contributed by atoms with van der Waals surface area (Å²) in [6.45, 7) is 8.94.